The molecule has 0 atom stereocenters. The molecule has 0 aliphatic heterocycles. The predicted octanol–water partition coefficient (Wildman–Crippen LogP) is 3.94. The van der Waals surface area contributed by atoms with Crippen LogP contribution in [0.1, 0.15) is 0 Å². The molecular weight excluding hydrogens is 256 g/mol. The van der Waals surface area contributed by atoms with Crippen molar-refractivity contribution in [3.8, 4) is 11.6 Å². The minimum Gasteiger partial charge on any atom is -0.438 e. The second-order valence-electron chi connectivity index (χ2n) is 4.19. The average molecular weight is 266 g/mol. The van der Waals surface area contributed by atoms with E-state index >= 15 is 0 Å². The molecule has 5 nitrogen and oxygen atoms in total. The minimum absolute atomic E-state index is 0.0599. The molecule has 20 heavy (non-hydrogen) atoms. The van der Waals surface area contributed by atoms with E-state index in [-0.39, 0.29) is 5.69 Å². The summed E-state index contributed by atoms with van der Waals surface area (Å²) in [6.45, 7) is 0. The number of nitrogens with zero attached hydrogens (tertiary/aromatic N) is 2. The third-order valence-corrected chi connectivity index (χ3v) is 2.90. The van der Waals surface area contributed by atoms with E-state index < -0.39 is 4.92 Å². The van der Waals surface area contributed by atoms with Crippen LogP contribution in [-0.2, 0) is 0 Å². The number of fused-ring (bicyclic) bond motifs is 1. The number of benzene rings is 2. The molecule has 3 rings (SSSR count). The Hall–Kier alpha value is -2.95. The normalized spacial score (nSPS) is 10.4. The first kappa shape index (κ1) is 12.1. The molecule has 0 amide bonds. The van der Waals surface area contributed by atoms with E-state index in [0.717, 1.165) is 10.8 Å². The van der Waals surface area contributed by atoms with Crippen LogP contribution in [0, 0.1) is 10.1 Å². The highest BCUT2D eigenvalue weighted by molar-refractivity contribution is 5.88. The summed E-state index contributed by atoms with van der Waals surface area (Å²) in [5.74, 6) is 0.997. The Morgan fingerprint density at radius 2 is 1.80 bits per heavy atom. The van der Waals surface area contributed by atoms with Crippen molar-refractivity contribution in [2.75, 3.05) is 0 Å². The number of pyridine rings is 1. The molecule has 5 heteroatoms. The second-order valence-corrected chi connectivity index (χ2v) is 4.19. The van der Waals surface area contributed by atoms with Gasteiger partial charge >= 0.3 is 0 Å². The molecule has 0 N–H and O–H groups in total. The summed E-state index contributed by atoms with van der Waals surface area (Å²) >= 11 is 0. The van der Waals surface area contributed by atoms with E-state index in [4.69, 9.17) is 4.74 Å². The standard InChI is InChI=1S/C15H10N2O3/c18-17(19)12-8-9-15(16-10-12)20-14-7-3-5-11-4-1-2-6-13(11)14/h1-10H. The van der Waals surface area contributed by atoms with Crippen LogP contribution in [0.2, 0.25) is 0 Å². The molecule has 0 spiro atoms. The first-order chi connectivity index (χ1) is 9.74. The summed E-state index contributed by atoms with van der Waals surface area (Å²) < 4.78 is 5.69. The molecule has 0 unspecified atom stereocenters. The van der Waals surface area contributed by atoms with Crippen molar-refractivity contribution >= 4 is 16.5 Å². The number of rotatable bonds is 3. The Labute approximate surface area is 114 Å². The average Bonchev–Trinajstić information content (AvgIpc) is 2.48. The van der Waals surface area contributed by atoms with Gasteiger partial charge in [-0.05, 0) is 11.5 Å². The fourth-order valence-electron chi connectivity index (χ4n) is 1.94. The van der Waals surface area contributed by atoms with Crippen molar-refractivity contribution in [3.05, 3.63) is 70.9 Å². The Morgan fingerprint density at radius 3 is 2.55 bits per heavy atom. The van der Waals surface area contributed by atoms with Crippen molar-refractivity contribution in [1.82, 2.24) is 4.98 Å². The number of hydrogen-bond acceptors (Lipinski definition) is 4. The first-order valence-electron chi connectivity index (χ1n) is 6.00. The number of aromatic nitrogens is 1. The summed E-state index contributed by atoms with van der Waals surface area (Å²) in [5, 5.41) is 12.6. The summed E-state index contributed by atoms with van der Waals surface area (Å²) in [5.41, 5.74) is -0.0599. The van der Waals surface area contributed by atoms with Gasteiger partial charge in [-0.1, -0.05) is 36.4 Å². The second kappa shape index (κ2) is 4.97. The number of nitro groups is 1. The molecule has 1 aromatic heterocycles. The number of ether oxygens (including phenoxy) is 1. The van der Waals surface area contributed by atoms with Gasteiger partial charge in [-0.15, -0.1) is 0 Å². The highest BCUT2D eigenvalue weighted by atomic mass is 16.6. The van der Waals surface area contributed by atoms with Crippen molar-refractivity contribution < 1.29 is 9.66 Å². The molecule has 0 saturated heterocycles. The van der Waals surface area contributed by atoms with Crippen molar-refractivity contribution in [2.45, 2.75) is 0 Å². The van der Waals surface area contributed by atoms with E-state index in [1.807, 2.05) is 42.5 Å². The molecule has 0 saturated carbocycles. The summed E-state index contributed by atoms with van der Waals surface area (Å²) in [7, 11) is 0. The molecular formula is C15H10N2O3. The molecule has 0 bridgehead atoms. The Morgan fingerprint density at radius 1 is 1.00 bits per heavy atom. The summed E-state index contributed by atoms with van der Waals surface area (Å²) in [6, 6.07) is 16.4. The van der Waals surface area contributed by atoms with Crippen LogP contribution >= 0.6 is 0 Å². The van der Waals surface area contributed by atoms with Crippen LogP contribution in [0.25, 0.3) is 10.8 Å². The van der Waals surface area contributed by atoms with Crippen LogP contribution in [0.3, 0.4) is 0 Å². The zero-order valence-corrected chi connectivity index (χ0v) is 10.4. The lowest BCUT2D eigenvalue weighted by atomic mass is 10.1. The lowest BCUT2D eigenvalue weighted by Gasteiger charge is -2.07. The van der Waals surface area contributed by atoms with Gasteiger partial charge in [0, 0.05) is 17.5 Å². The molecule has 1 heterocycles. The predicted molar refractivity (Wildman–Crippen MR) is 74.9 cm³/mol. The third-order valence-electron chi connectivity index (χ3n) is 2.90. The lowest BCUT2D eigenvalue weighted by molar-refractivity contribution is -0.385. The van der Waals surface area contributed by atoms with E-state index in [1.165, 1.54) is 18.3 Å². The molecule has 0 fully saturated rings. The van der Waals surface area contributed by atoms with Crippen molar-refractivity contribution in [3.63, 3.8) is 0 Å². The lowest BCUT2D eigenvalue weighted by Crippen LogP contribution is -1.92. The Kier molecular flexibility index (Phi) is 3.01. The Balaban J connectivity index is 1.95. The highest BCUT2D eigenvalue weighted by Crippen LogP contribution is 2.29. The largest absolute Gasteiger partial charge is 0.438 e. The maximum absolute atomic E-state index is 10.6. The summed E-state index contributed by atoms with van der Waals surface area (Å²) in [6.07, 6.45) is 1.18. The minimum atomic E-state index is -0.491. The van der Waals surface area contributed by atoms with Crippen LogP contribution in [0.5, 0.6) is 11.6 Å². The van der Waals surface area contributed by atoms with Gasteiger partial charge < -0.3 is 4.74 Å². The maximum atomic E-state index is 10.6. The van der Waals surface area contributed by atoms with E-state index in [0.29, 0.717) is 11.6 Å². The smallest absolute Gasteiger partial charge is 0.287 e. The molecule has 0 aliphatic rings. The molecule has 0 radical (unpaired) electrons. The van der Waals surface area contributed by atoms with Crippen LogP contribution < -0.4 is 4.74 Å². The van der Waals surface area contributed by atoms with Crippen LogP contribution in [0.4, 0.5) is 5.69 Å². The maximum Gasteiger partial charge on any atom is 0.287 e. The molecule has 3 aromatic rings. The van der Waals surface area contributed by atoms with Crippen LogP contribution in [0.15, 0.2) is 60.8 Å². The SMILES string of the molecule is O=[N+]([O-])c1ccc(Oc2cccc3ccccc23)nc1. The van der Waals surface area contributed by atoms with E-state index in [1.54, 1.807) is 0 Å². The fourth-order valence-corrected chi connectivity index (χ4v) is 1.94. The van der Waals surface area contributed by atoms with Gasteiger partial charge in [-0.25, -0.2) is 4.98 Å². The summed E-state index contributed by atoms with van der Waals surface area (Å²) in [4.78, 5) is 14.0. The number of hydrogen-bond donors (Lipinski definition) is 0. The zero-order valence-electron chi connectivity index (χ0n) is 10.4. The van der Waals surface area contributed by atoms with E-state index in [2.05, 4.69) is 4.98 Å². The van der Waals surface area contributed by atoms with Crippen LogP contribution in [-0.4, -0.2) is 9.91 Å². The van der Waals surface area contributed by atoms with Crippen molar-refractivity contribution in [2.24, 2.45) is 0 Å². The van der Waals surface area contributed by atoms with Gasteiger partial charge in [0.05, 0.1) is 4.92 Å². The van der Waals surface area contributed by atoms with E-state index in [9.17, 15) is 10.1 Å². The monoisotopic (exact) mass is 266 g/mol. The van der Waals surface area contributed by atoms with Gasteiger partial charge in [-0.3, -0.25) is 10.1 Å². The highest BCUT2D eigenvalue weighted by Gasteiger charge is 2.07. The molecule has 98 valence electrons. The molecule has 0 aliphatic carbocycles. The van der Waals surface area contributed by atoms with Gasteiger partial charge in [0.25, 0.3) is 5.69 Å². The van der Waals surface area contributed by atoms with Gasteiger partial charge in [0.1, 0.15) is 11.9 Å². The topological polar surface area (TPSA) is 65.3 Å². The van der Waals surface area contributed by atoms with Gasteiger partial charge in [-0.2, -0.15) is 0 Å². The fraction of sp³-hybridized carbons (Fsp3) is 0. The Bertz CT molecular complexity index is 764. The van der Waals surface area contributed by atoms with Crippen molar-refractivity contribution in [1.29, 1.82) is 0 Å². The quantitative estimate of drug-likeness (QED) is 0.532. The first-order valence-corrected chi connectivity index (χ1v) is 6.00. The van der Waals surface area contributed by atoms with Gasteiger partial charge in [0.2, 0.25) is 5.88 Å². The third kappa shape index (κ3) is 2.29. The zero-order chi connectivity index (χ0) is 13.9. The molecule has 2 aromatic carbocycles. The van der Waals surface area contributed by atoms with Gasteiger partial charge in [0.15, 0.2) is 0 Å².